The molecular weight excluding hydrogens is 358 g/mol. The van der Waals surface area contributed by atoms with E-state index >= 15 is 0 Å². The zero-order valence-corrected chi connectivity index (χ0v) is 15.1. The van der Waals surface area contributed by atoms with Crippen molar-refractivity contribution in [3.8, 4) is 0 Å². The third-order valence-electron chi connectivity index (χ3n) is 4.97. The lowest BCUT2D eigenvalue weighted by atomic mass is 9.90. The topological polar surface area (TPSA) is 76.7 Å². The molecule has 2 aliphatic rings. The zero-order valence-electron chi connectivity index (χ0n) is 15.1. The van der Waals surface area contributed by atoms with Crippen LogP contribution in [0, 0.1) is 11.6 Å². The number of carbonyl (C=O) groups is 2. The van der Waals surface area contributed by atoms with Crippen molar-refractivity contribution in [1.29, 1.82) is 0 Å². The maximum atomic E-state index is 13.5. The Labute approximate surface area is 156 Å². The highest BCUT2D eigenvalue weighted by Crippen LogP contribution is 2.35. The van der Waals surface area contributed by atoms with Gasteiger partial charge in [0.15, 0.2) is 5.79 Å². The summed E-state index contributed by atoms with van der Waals surface area (Å²) in [4.78, 5) is 23.9. The number of carbonyl (C=O) groups excluding carboxylic acids is 2. The van der Waals surface area contributed by atoms with Crippen LogP contribution in [-0.2, 0) is 14.3 Å². The van der Waals surface area contributed by atoms with Gasteiger partial charge in [-0.3, -0.25) is 9.59 Å². The maximum Gasteiger partial charge on any atom is 0.254 e. The van der Waals surface area contributed by atoms with Crippen LogP contribution in [-0.4, -0.2) is 43.4 Å². The Balaban J connectivity index is 1.32. The Morgan fingerprint density at radius 3 is 2.52 bits per heavy atom. The van der Waals surface area contributed by atoms with Crippen LogP contribution >= 0.6 is 0 Å². The summed E-state index contributed by atoms with van der Waals surface area (Å²) in [5, 5.41) is 5.53. The van der Waals surface area contributed by atoms with Crippen molar-refractivity contribution in [2.45, 2.75) is 50.4 Å². The molecule has 6 nitrogen and oxygen atoms in total. The molecule has 0 aromatic heterocycles. The molecule has 1 aliphatic heterocycles. The Morgan fingerprint density at radius 1 is 1.15 bits per heavy atom. The van der Waals surface area contributed by atoms with Gasteiger partial charge in [0, 0.05) is 37.9 Å². The predicted molar refractivity (Wildman–Crippen MR) is 93.0 cm³/mol. The molecule has 2 fully saturated rings. The van der Waals surface area contributed by atoms with Crippen LogP contribution in [0.15, 0.2) is 18.2 Å². The van der Waals surface area contributed by atoms with Crippen LogP contribution in [0.4, 0.5) is 8.78 Å². The summed E-state index contributed by atoms with van der Waals surface area (Å²) in [6.07, 6.45) is 3.87. The first kappa shape index (κ1) is 19.7. The summed E-state index contributed by atoms with van der Waals surface area (Å²) in [6, 6.07) is 2.90. The summed E-state index contributed by atoms with van der Waals surface area (Å²) >= 11 is 0. The molecular formula is C19H24F2N2O4. The van der Waals surface area contributed by atoms with Crippen LogP contribution in [0.2, 0.25) is 0 Å². The molecule has 3 rings (SSSR count). The van der Waals surface area contributed by atoms with Crippen LogP contribution in [0.5, 0.6) is 0 Å². The number of benzene rings is 1. The minimum absolute atomic E-state index is 0.0774. The lowest BCUT2D eigenvalue weighted by molar-refractivity contribution is -0.180. The molecule has 148 valence electrons. The first-order valence-electron chi connectivity index (χ1n) is 9.28. The first-order chi connectivity index (χ1) is 13.0. The second-order valence-electron chi connectivity index (χ2n) is 6.93. The summed E-state index contributed by atoms with van der Waals surface area (Å²) in [6.45, 7) is 1.49. The average molecular weight is 382 g/mol. The number of hydrogen-bond acceptors (Lipinski definition) is 4. The van der Waals surface area contributed by atoms with E-state index in [4.69, 9.17) is 9.47 Å². The molecule has 1 saturated heterocycles. The highest BCUT2D eigenvalue weighted by Gasteiger charge is 2.40. The normalized spacial score (nSPS) is 19.2. The van der Waals surface area contributed by atoms with Crippen molar-refractivity contribution in [2.24, 2.45) is 0 Å². The number of nitrogens with one attached hydrogen (secondary N) is 2. The molecule has 1 heterocycles. The molecule has 1 aliphatic carbocycles. The van der Waals surface area contributed by atoms with Gasteiger partial charge in [-0.15, -0.1) is 0 Å². The lowest BCUT2D eigenvalue weighted by Gasteiger charge is -2.35. The van der Waals surface area contributed by atoms with Crippen molar-refractivity contribution < 1.29 is 27.8 Å². The number of ether oxygens (including phenoxy) is 2. The highest BCUT2D eigenvalue weighted by molar-refractivity contribution is 5.94. The van der Waals surface area contributed by atoms with E-state index in [2.05, 4.69) is 10.6 Å². The molecule has 2 amide bonds. The Kier molecular flexibility index (Phi) is 6.38. The van der Waals surface area contributed by atoms with E-state index in [-0.39, 0.29) is 30.5 Å². The maximum absolute atomic E-state index is 13.5. The smallest absolute Gasteiger partial charge is 0.254 e. The van der Waals surface area contributed by atoms with Gasteiger partial charge >= 0.3 is 0 Å². The third kappa shape index (κ3) is 5.23. The van der Waals surface area contributed by atoms with Crippen LogP contribution in [0.3, 0.4) is 0 Å². The van der Waals surface area contributed by atoms with Crippen molar-refractivity contribution in [2.75, 3.05) is 19.8 Å². The van der Waals surface area contributed by atoms with E-state index in [1.54, 1.807) is 0 Å². The largest absolute Gasteiger partial charge is 0.353 e. The fourth-order valence-electron chi connectivity index (χ4n) is 3.51. The Bertz CT molecular complexity index is 682. The van der Waals surface area contributed by atoms with E-state index in [0.717, 1.165) is 37.8 Å². The summed E-state index contributed by atoms with van der Waals surface area (Å²) in [7, 11) is 0. The number of amides is 2. The summed E-state index contributed by atoms with van der Waals surface area (Å²) < 4.78 is 37.7. The molecule has 0 atom stereocenters. The average Bonchev–Trinajstić information content (AvgIpc) is 3.09. The van der Waals surface area contributed by atoms with Gasteiger partial charge in [-0.2, -0.15) is 0 Å². The van der Waals surface area contributed by atoms with Gasteiger partial charge in [-0.05, 0) is 31.4 Å². The molecule has 8 heteroatoms. The number of rotatable bonds is 6. The first-order valence-corrected chi connectivity index (χ1v) is 9.28. The summed E-state index contributed by atoms with van der Waals surface area (Å²) in [5.74, 6) is -2.79. The van der Waals surface area contributed by atoms with Crippen molar-refractivity contribution in [3.63, 3.8) is 0 Å². The molecule has 1 saturated carbocycles. The van der Waals surface area contributed by atoms with Gasteiger partial charge in [0.2, 0.25) is 5.91 Å². The SMILES string of the molecule is O=C(CCCNC(=O)c1ccc(F)cc1F)NC1CCC2(CC1)OCCO2. The number of hydrogen-bond donors (Lipinski definition) is 2. The molecule has 1 spiro atoms. The second-order valence-corrected chi connectivity index (χ2v) is 6.93. The molecule has 0 bridgehead atoms. The molecule has 2 N–H and O–H groups in total. The van der Waals surface area contributed by atoms with E-state index in [0.29, 0.717) is 25.7 Å². The molecule has 0 unspecified atom stereocenters. The molecule has 0 radical (unpaired) electrons. The molecule has 1 aromatic rings. The van der Waals surface area contributed by atoms with E-state index < -0.39 is 23.3 Å². The minimum atomic E-state index is -0.907. The zero-order chi connectivity index (χ0) is 19.3. The van der Waals surface area contributed by atoms with E-state index in [1.165, 1.54) is 0 Å². The third-order valence-corrected chi connectivity index (χ3v) is 4.97. The van der Waals surface area contributed by atoms with Crippen LogP contribution < -0.4 is 10.6 Å². The van der Waals surface area contributed by atoms with Gasteiger partial charge in [0.1, 0.15) is 11.6 Å². The summed E-state index contributed by atoms with van der Waals surface area (Å²) in [5.41, 5.74) is -0.215. The fraction of sp³-hybridized carbons (Fsp3) is 0.579. The molecule has 1 aromatic carbocycles. The highest BCUT2D eigenvalue weighted by atomic mass is 19.1. The van der Waals surface area contributed by atoms with Gasteiger partial charge in [-0.1, -0.05) is 0 Å². The van der Waals surface area contributed by atoms with Gasteiger partial charge in [-0.25, -0.2) is 8.78 Å². The van der Waals surface area contributed by atoms with Crippen LogP contribution in [0.1, 0.15) is 48.9 Å². The monoisotopic (exact) mass is 382 g/mol. The Morgan fingerprint density at radius 2 is 1.85 bits per heavy atom. The standard InChI is InChI=1S/C19H24F2N2O4/c20-13-3-4-15(16(21)12-13)18(25)22-9-1-2-17(24)23-14-5-7-19(8-6-14)26-10-11-27-19/h3-4,12,14H,1-2,5-11H2,(H,22,25)(H,23,24). The minimum Gasteiger partial charge on any atom is -0.353 e. The number of halogens is 2. The quantitative estimate of drug-likeness (QED) is 0.740. The Hall–Kier alpha value is -2.06. The van der Waals surface area contributed by atoms with E-state index in [9.17, 15) is 18.4 Å². The lowest BCUT2D eigenvalue weighted by Crippen LogP contribution is -2.44. The van der Waals surface area contributed by atoms with Crippen molar-refractivity contribution in [3.05, 3.63) is 35.4 Å². The predicted octanol–water partition coefficient (Wildman–Crippen LogP) is 2.28. The van der Waals surface area contributed by atoms with Gasteiger partial charge in [0.25, 0.3) is 5.91 Å². The van der Waals surface area contributed by atoms with Gasteiger partial charge in [0.05, 0.1) is 18.8 Å². The molecule has 27 heavy (non-hydrogen) atoms. The van der Waals surface area contributed by atoms with Crippen LogP contribution in [0.25, 0.3) is 0 Å². The van der Waals surface area contributed by atoms with Gasteiger partial charge < -0.3 is 20.1 Å². The second kappa shape index (κ2) is 8.75. The van der Waals surface area contributed by atoms with Crippen molar-refractivity contribution >= 4 is 11.8 Å². The van der Waals surface area contributed by atoms with Crippen molar-refractivity contribution in [1.82, 2.24) is 10.6 Å². The fourth-order valence-corrected chi connectivity index (χ4v) is 3.51. The van der Waals surface area contributed by atoms with E-state index in [1.807, 2.05) is 0 Å².